The number of carbonyl (C=O) groups excluding carboxylic acids is 2. The summed E-state index contributed by atoms with van der Waals surface area (Å²) in [5, 5.41) is 5.36. The molecule has 23 heavy (non-hydrogen) atoms. The minimum Gasteiger partial charge on any atom is -0.493 e. The van der Waals surface area contributed by atoms with Gasteiger partial charge in [-0.05, 0) is 32.9 Å². The molecule has 0 spiro atoms. The van der Waals surface area contributed by atoms with Crippen molar-refractivity contribution in [3.63, 3.8) is 0 Å². The number of urea groups is 1. The van der Waals surface area contributed by atoms with E-state index < -0.39 is 11.3 Å². The SMILES string of the molecule is COc1ccccc1OC[C@@H](C)NC(=O)NCC(C)(C)C(N)=O. The first-order chi connectivity index (χ1) is 10.8. The van der Waals surface area contributed by atoms with Crippen LogP contribution in [0.5, 0.6) is 11.5 Å². The van der Waals surface area contributed by atoms with Gasteiger partial charge in [0, 0.05) is 6.54 Å². The van der Waals surface area contributed by atoms with Crippen molar-refractivity contribution in [3.8, 4) is 11.5 Å². The number of primary amides is 1. The highest BCUT2D eigenvalue weighted by molar-refractivity contribution is 5.81. The molecule has 1 aromatic rings. The van der Waals surface area contributed by atoms with Gasteiger partial charge in [0.15, 0.2) is 11.5 Å². The number of benzene rings is 1. The van der Waals surface area contributed by atoms with Gasteiger partial charge in [-0.2, -0.15) is 0 Å². The zero-order chi connectivity index (χ0) is 17.5. The van der Waals surface area contributed by atoms with E-state index in [-0.39, 0.29) is 25.2 Å². The van der Waals surface area contributed by atoms with Crippen molar-refractivity contribution in [2.45, 2.75) is 26.8 Å². The van der Waals surface area contributed by atoms with Crippen LogP contribution in [-0.2, 0) is 4.79 Å². The van der Waals surface area contributed by atoms with Crippen LogP contribution >= 0.6 is 0 Å². The lowest BCUT2D eigenvalue weighted by molar-refractivity contribution is -0.125. The largest absolute Gasteiger partial charge is 0.493 e. The molecule has 7 heteroatoms. The highest BCUT2D eigenvalue weighted by atomic mass is 16.5. The van der Waals surface area contributed by atoms with Crippen molar-refractivity contribution in [2.24, 2.45) is 11.1 Å². The molecule has 0 aliphatic heterocycles. The molecule has 1 rings (SSSR count). The van der Waals surface area contributed by atoms with Crippen molar-refractivity contribution in [2.75, 3.05) is 20.3 Å². The van der Waals surface area contributed by atoms with E-state index >= 15 is 0 Å². The smallest absolute Gasteiger partial charge is 0.315 e. The monoisotopic (exact) mass is 323 g/mol. The van der Waals surface area contributed by atoms with Crippen molar-refractivity contribution in [1.29, 1.82) is 0 Å². The third-order valence-electron chi connectivity index (χ3n) is 3.29. The van der Waals surface area contributed by atoms with Crippen LogP contribution in [0.25, 0.3) is 0 Å². The molecule has 1 aromatic carbocycles. The van der Waals surface area contributed by atoms with Crippen molar-refractivity contribution >= 4 is 11.9 Å². The second kappa shape index (κ2) is 8.26. The number of carbonyl (C=O) groups is 2. The molecule has 0 fully saturated rings. The molecule has 0 aliphatic rings. The summed E-state index contributed by atoms with van der Waals surface area (Å²) in [4.78, 5) is 23.0. The zero-order valence-corrected chi connectivity index (χ0v) is 14.0. The molecule has 0 saturated heterocycles. The van der Waals surface area contributed by atoms with E-state index in [9.17, 15) is 9.59 Å². The lowest BCUT2D eigenvalue weighted by Crippen LogP contribution is -2.48. The maximum atomic E-state index is 11.8. The molecule has 0 heterocycles. The second-order valence-electron chi connectivity index (χ2n) is 5.94. The number of nitrogens with one attached hydrogen (secondary N) is 2. The lowest BCUT2D eigenvalue weighted by Gasteiger charge is -2.22. The van der Waals surface area contributed by atoms with Crippen molar-refractivity contribution in [1.82, 2.24) is 10.6 Å². The summed E-state index contributed by atoms with van der Waals surface area (Å²) < 4.78 is 10.8. The van der Waals surface area contributed by atoms with Gasteiger partial charge in [0.05, 0.1) is 18.6 Å². The first kappa shape index (κ1) is 18.6. The van der Waals surface area contributed by atoms with Crippen LogP contribution in [0.2, 0.25) is 0 Å². The van der Waals surface area contributed by atoms with Crippen molar-refractivity contribution in [3.05, 3.63) is 24.3 Å². The minimum absolute atomic E-state index is 0.161. The van der Waals surface area contributed by atoms with Gasteiger partial charge >= 0.3 is 6.03 Å². The molecule has 1 atom stereocenters. The molecule has 4 N–H and O–H groups in total. The van der Waals surface area contributed by atoms with Gasteiger partial charge in [0.2, 0.25) is 5.91 Å². The van der Waals surface area contributed by atoms with Crippen LogP contribution in [0, 0.1) is 5.41 Å². The van der Waals surface area contributed by atoms with Crippen LogP contribution in [-0.4, -0.2) is 38.2 Å². The number of hydrogen-bond acceptors (Lipinski definition) is 4. The highest BCUT2D eigenvalue weighted by Crippen LogP contribution is 2.25. The van der Waals surface area contributed by atoms with E-state index in [1.165, 1.54) is 0 Å². The predicted octanol–water partition coefficient (Wildman–Crippen LogP) is 1.27. The van der Waals surface area contributed by atoms with Crippen LogP contribution in [0.4, 0.5) is 4.79 Å². The Morgan fingerprint density at radius 1 is 1.26 bits per heavy atom. The summed E-state index contributed by atoms with van der Waals surface area (Å²) >= 11 is 0. The Hall–Kier alpha value is -2.44. The summed E-state index contributed by atoms with van der Waals surface area (Å²) in [5.41, 5.74) is 4.46. The molecule has 0 bridgehead atoms. The summed E-state index contributed by atoms with van der Waals surface area (Å²) in [7, 11) is 1.57. The number of amides is 3. The Balaban J connectivity index is 2.40. The van der Waals surface area contributed by atoms with E-state index in [0.717, 1.165) is 0 Å². The fraction of sp³-hybridized carbons (Fsp3) is 0.500. The standard InChI is InChI=1S/C16H25N3O4/c1-11(9-23-13-8-6-5-7-12(13)22-4)19-15(21)18-10-16(2,3)14(17)20/h5-8,11H,9-10H2,1-4H3,(H2,17,20)(H2,18,19,21)/t11-/m1/s1. The Morgan fingerprint density at radius 2 is 1.87 bits per heavy atom. The van der Waals surface area contributed by atoms with Gasteiger partial charge in [0.25, 0.3) is 0 Å². The van der Waals surface area contributed by atoms with E-state index in [1.807, 2.05) is 19.1 Å². The first-order valence-electron chi connectivity index (χ1n) is 7.36. The molecule has 0 saturated carbocycles. The molecule has 0 unspecified atom stereocenters. The third kappa shape index (κ3) is 6.06. The van der Waals surface area contributed by atoms with Gasteiger partial charge in [0.1, 0.15) is 6.61 Å². The van der Waals surface area contributed by atoms with Gasteiger partial charge < -0.3 is 25.8 Å². The van der Waals surface area contributed by atoms with Crippen LogP contribution in [0.3, 0.4) is 0 Å². The van der Waals surface area contributed by atoms with E-state index in [4.69, 9.17) is 15.2 Å². The Kier molecular flexibility index (Phi) is 6.68. The number of nitrogens with two attached hydrogens (primary N) is 1. The van der Waals surface area contributed by atoms with Crippen LogP contribution in [0.15, 0.2) is 24.3 Å². The number of ether oxygens (including phenoxy) is 2. The molecular weight excluding hydrogens is 298 g/mol. The van der Waals surface area contributed by atoms with Crippen molar-refractivity contribution < 1.29 is 19.1 Å². The highest BCUT2D eigenvalue weighted by Gasteiger charge is 2.25. The average Bonchev–Trinajstić information content (AvgIpc) is 2.51. The minimum atomic E-state index is -0.797. The van der Waals surface area contributed by atoms with Gasteiger partial charge in [-0.25, -0.2) is 4.79 Å². The number of para-hydroxylation sites is 2. The number of hydrogen-bond donors (Lipinski definition) is 3. The zero-order valence-electron chi connectivity index (χ0n) is 14.0. The molecular formula is C16H25N3O4. The third-order valence-corrected chi connectivity index (χ3v) is 3.29. The average molecular weight is 323 g/mol. The van der Waals surface area contributed by atoms with Gasteiger partial charge in [-0.15, -0.1) is 0 Å². The van der Waals surface area contributed by atoms with Gasteiger partial charge in [-0.3, -0.25) is 4.79 Å². The Bertz CT molecular complexity index is 546. The fourth-order valence-electron chi connectivity index (χ4n) is 1.66. The summed E-state index contributed by atoms with van der Waals surface area (Å²) in [5.74, 6) is 0.775. The van der Waals surface area contributed by atoms with Crippen LogP contribution in [0.1, 0.15) is 20.8 Å². The Labute approximate surface area is 136 Å². The van der Waals surface area contributed by atoms with E-state index in [0.29, 0.717) is 11.5 Å². The topological polar surface area (TPSA) is 103 Å². The number of methoxy groups -OCH3 is 1. The molecule has 3 amide bonds. The lowest BCUT2D eigenvalue weighted by atomic mass is 9.93. The predicted molar refractivity (Wildman–Crippen MR) is 87.5 cm³/mol. The Morgan fingerprint density at radius 3 is 2.43 bits per heavy atom. The molecule has 0 aromatic heterocycles. The van der Waals surface area contributed by atoms with E-state index in [2.05, 4.69) is 10.6 Å². The molecule has 7 nitrogen and oxygen atoms in total. The van der Waals surface area contributed by atoms with Gasteiger partial charge in [-0.1, -0.05) is 12.1 Å². The molecule has 128 valence electrons. The summed E-state index contributed by atoms with van der Waals surface area (Å²) in [6, 6.07) is 6.68. The molecule has 0 radical (unpaired) electrons. The maximum Gasteiger partial charge on any atom is 0.315 e. The second-order valence-corrected chi connectivity index (χ2v) is 5.94. The summed E-state index contributed by atoms with van der Waals surface area (Å²) in [6.07, 6.45) is 0. The fourth-order valence-corrected chi connectivity index (χ4v) is 1.66. The molecule has 0 aliphatic carbocycles. The number of rotatable bonds is 8. The first-order valence-corrected chi connectivity index (χ1v) is 7.36. The summed E-state index contributed by atoms with van der Waals surface area (Å²) in [6.45, 7) is 5.60. The quantitative estimate of drug-likeness (QED) is 0.670. The maximum absolute atomic E-state index is 11.8. The van der Waals surface area contributed by atoms with Crippen LogP contribution < -0.4 is 25.8 Å². The normalized spacial score (nSPS) is 12.2. The van der Waals surface area contributed by atoms with E-state index in [1.54, 1.807) is 33.1 Å².